The standard InChI is InChI=1S/C24H47N3O6/c1-21(2)22(20-28)27(3)24(30)10-8-6-4-5-7-9-13-26-23(29)11-14-31-16-18-33-19-17-32-15-12-25/h20-22H,4-19,25H2,1-3H3,(H,26,29). The number of hydrogen-bond acceptors (Lipinski definition) is 7. The predicted molar refractivity (Wildman–Crippen MR) is 129 cm³/mol. The Morgan fingerprint density at radius 1 is 0.848 bits per heavy atom. The Hall–Kier alpha value is -1.55. The number of nitrogens with one attached hydrogen (secondary N) is 1. The van der Waals surface area contributed by atoms with E-state index in [1.165, 1.54) is 0 Å². The molecule has 0 saturated heterocycles. The SMILES string of the molecule is CC(C)C(C=O)N(C)C(=O)CCCCCCCCNC(=O)CCOCCOCCOCCN. The lowest BCUT2D eigenvalue weighted by molar-refractivity contribution is -0.136. The van der Waals surface area contributed by atoms with E-state index in [1.807, 2.05) is 13.8 Å². The minimum atomic E-state index is -0.342. The molecule has 3 N–H and O–H groups in total. The minimum absolute atomic E-state index is 0.00348. The molecule has 0 bridgehead atoms. The van der Waals surface area contributed by atoms with E-state index in [0.717, 1.165) is 44.8 Å². The molecule has 0 aromatic carbocycles. The van der Waals surface area contributed by atoms with Gasteiger partial charge in [-0.25, -0.2) is 0 Å². The van der Waals surface area contributed by atoms with Crippen LogP contribution in [0.5, 0.6) is 0 Å². The van der Waals surface area contributed by atoms with Gasteiger partial charge in [0.05, 0.1) is 45.7 Å². The third-order valence-corrected chi connectivity index (χ3v) is 5.28. The van der Waals surface area contributed by atoms with Crippen molar-refractivity contribution in [3.05, 3.63) is 0 Å². The molecule has 0 aromatic heterocycles. The largest absolute Gasteiger partial charge is 0.379 e. The first kappa shape index (κ1) is 31.4. The average molecular weight is 474 g/mol. The molecule has 0 aliphatic rings. The average Bonchev–Trinajstić information content (AvgIpc) is 2.79. The maximum absolute atomic E-state index is 12.2. The van der Waals surface area contributed by atoms with Crippen LogP contribution in [0.3, 0.4) is 0 Å². The normalized spacial score (nSPS) is 12.0. The highest BCUT2D eigenvalue weighted by atomic mass is 16.5. The van der Waals surface area contributed by atoms with Crippen LogP contribution in [0, 0.1) is 5.92 Å². The van der Waals surface area contributed by atoms with Gasteiger partial charge in [0.25, 0.3) is 0 Å². The van der Waals surface area contributed by atoms with Crippen LogP contribution in [-0.2, 0) is 28.6 Å². The van der Waals surface area contributed by atoms with Crippen molar-refractivity contribution in [2.75, 3.05) is 59.8 Å². The van der Waals surface area contributed by atoms with Gasteiger partial charge in [-0.3, -0.25) is 9.59 Å². The van der Waals surface area contributed by atoms with Crippen LogP contribution in [0.2, 0.25) is 0 Å². The van der Waals surface area contributed by atoms with Gasteiger partial charge in [0.15, 0.2) is 0 Å². The maximum Gasteiger partial charge on any atom is 0.222 e. The molecular weight excluding hydrogens is 426 g/mol. The number of nitrogens with zero attached hydrogens (tertiary/aromatic N) is 1. The molecule has 0 fully saturated rings. The van der Waals surface area contributed by atoms with Crippen LogP contribution in [0.15, 0.2) is 0 Å². The summed E-state index contributed by atoms with van der Waals surface area (Å²) < 4.78 is 15.9. The molecule has 0 radical (unpaired) electrons. The first-order valence-corrected chi connectivity index (χ1v) is 12.3. The highest BCUT2D eigenvalue weighted by molar-refractivity contribution is 5.79. The number of aldehydes is 1. The lowest BCUT2D eigenvalue weighted by Crippen LogP contribution is -2.41. The number of amides is 2. The van der Waals surface area contributed by atoms with Gasteiger partial charge in [-0.2, -0.15) is 0 Å². The highest BCUT2D eigenvalue weighted by Gasteiger charge is 2.21. The van der Waals surface area contributed by atoms with Crippen molar-refractivity contribution in [3.63, 3.8) is 0 Å². The Bertz CT molecular complexity index is 505. The van der Waals surface area contributed by atoms with Crippen LogP contribution < -0.4 is 11.1 Å². The third-order valence-electron chi connectivity index (χ3n) is 5.28. The van der Waals surface area contributed by atoms with E-state index in [-0.39, 0.29) is 23.8 Å². The molecule has 0 heterocycles. The molecule has 9 heteroatoms. The summed E-state index contributed by atoms with van der Waals surface area (Å²) in [7, 11) is 1.71. The Kier molecular flexibility index (Phi) is 21.2. The molecule has 1 atom stereocenters. The fourth-order valence-electron chi connectivity index (χ4n) is 3.25. The summed E-state index contributed by atoms with van der Waals surface area (Å²) in [6, 6.07) is -0.342. The Morgan fingerprint density at radius 3 is 1.97 bits per heavy atom. The first-order valence-electron chi connectivity index (χ1n) is 12.3. The molecule has 0 aromatic rings. The number of hydrogen-bond donors (Lipinski definition) is 2. The number of ether oxygens (including phenoxy) is 3. The highest BCUT2D eigenvalue weighted by Crippen LogP contribution is 2.12. The van der Waals surface area contributed by atoms with E-state index in [0.29, 0.717) is 65.6 Å². The number of unbranched alkanes of at least 4 members (excludes halogenated alkanes) is 5. The van der Waals surface area contributed by atoms with Crippen molar-refractivity contribution in [3.8, 4) is 0 Å². The molecule has 0 rings (SSSR count). The summed E-state index contributed by atoms with van der Waals surface area (Å²) in [6.45, 7) is 7.98. The Morgan fingerprint density at radius 2 is 1.39 bits per heavy atom. The van der Waals surface area contributed by atoms with E-state index in [1.54, 1.807) is 11.9 Å². The lowest BCUT2D eigenvalue weighted by Gasteiger charge is -2.26. The fourth-order valence-corrected chi connectivity index (χ4v) is 3.25. The quantitative estimate of drug-likeness (QED) is 0.172. The van der Waals surface area contributed by atoms with Crippen LogP contribution in [-0.4, -0.2) is 88.8 Å². The molecule has 0 aliphatic carbocycles. The molecule has 9 nitrogen and oxygen atoms in total. The van der Waals surface area contributed by atoms with E-state index < -0.39 is 0 Å². The molecule has 0 aliphatic heterocycles. The molecule has 0 spiro atoms. The van der Waals surface area contributed by atoms with E-state index >= 15 is 0 Å². The zero-order valence-electron chi connectivity index (χ0n) is 21.0. The van der Waals surface area contributed by atoms with Gasteiger partial charge < -0.3 is 35.0 Å². The fraction of sp³-hybridized carbons (Fsp3) is 0.875. The second-order valence-corrected chi connectivity index (χ2v) is 8.47. The van der Waals surface area contributed by atoms with Gasteiger partial charge in [0.2, 0.25) is 11.8 Å². The van der Waals surface area contributed by atoms with Crippen LogP contribution >= 0.6 is 0 Å². The first-order chi connectivity index (χ1) is 15.9. The number of nitrogens with two attached hydrogens (primary N) is 1. The smallest absolute Gasteiger partial charge is 0.222 e. The van der Waals surface area contributed by atoms with Gasteiger partial charge in [0.1, 0.15) is 6.29 Å². The summed E-state index contributed by atoms with van der Waals surface area (Å²) in [4.78, 5) is 36.7. The van der Waals surface area contributed by atoms with Crippen LogP contribution in [0.25, 0.3) is 0 Å². The second-order valence-electron chi connectivity index (χ2n) is 8.47. The topological polar surface area (TPSA) is 120 Å². The monoisotopic (exact) mass is 473 g/mol. The third kappa shape index (κ3) is 18.6. The molecular formula is C24H47N3O6. The van der Waals surface area contributed by atoms with E-state index in [4.69, 9.17) is 19.9 Å². The lowest BCUT2D eigenvalue weighted by atomic mass is 10.0. The summed E-state index contributed by atoms with van der Waals surface area (Å²) in [5.74, 6) is 0.165. The van der Waals surface area contributed by atoms with Crippen molar-refractivity contribution in [1.82, 2.24) is 10.2 Å². The van der Waals surface area contributed by atoms with Crippen molar-refractivity contribution in [2.45, 2.75) is 71.3 Å². The maximum atomic E-state index is 12.2. The van der Waals surface area contributed by atoms with Crippen molar-refractivity contribution >= 4 is 18.1 Å². The van der Waals surface area contributed by atoms with Crippen LogP contribution in [0.4, 0.5) is 0 Å². The van der Waals surface area contributed by atoms with E-state index in [2.05, 4.69) is 5.32 Å². The number of likely N-dealkylation sites (N-methyl/N-ethyl adjacent to an activating group) is 1. The molecule has 1 unspecified atom stereocenters. The number of carbonyl (C=O) groups is 3. The molecule has 2 amide bonds. The number of rotatable bonds is 23. The predicted octanol–water partition coefficient (Wildman–Crippen LogP) is 1.91. The zero-order chi connectivity index (χ0) is 24.7. The number of carbonyl (C=O) groups excluding carboxylic acids is 3. The van der Waals surface area contributed by atoms with Crippen LogP contribution in [0.1, 0.15) is 65.2 Å². The summed E-state index contributed by atoms with van der Waals surface area (Å²) in [6.07, 6.45) is 7.70. The van der Waals surface area contributed by atoms with Gasteiger partial charge in [-0.1, -0.05) is 39.5 Å². The Balaban J connectivity index is 3.45. The van der Waals surface area contributed by atoms with E-state index in [9.17, 15) is 14.4 Å². The summed E-state index contributed by atoms with van der Waals surface area (Å²) >= 11 is 0. The second kappa shape index (κ2) is 22.3. The Labute approximate surface area is 200 Å². The van der Waals surface area contributed by atoms with Gasteiger partial charge in [0, 0.05) is 33.0 Å². The van der Waals surface area contributed by atoms with Crippen molar-refractivity contribution in [1.29, 1.82) is 0 Å². The summed E-state index contributed by atoms with van der Waals surface area (Å²) in [5, 5.41) is 2.91. The van der Waals surface area contributed by atoms with Gasteiger partial charge in [-0.15, -0.1) is 0 Å². The van der Waals surface area contributed by atoms with Gasteiger partial charge in [-0.05, 0) is 18.8 Å². The van der Waals surface area contributed by atoms with Crippen molar-refractivity contribution in [2.24, 2.45) is 11.7 Å². The molecule has 194 valence electrons. The summed E-state index contributed by atoms with van der Waals surface area (Å²) in [5.41, 5.74) is 5.31. The molecule has 0 saturated carbocycles. The zero-order valence-corrected chi connectivity index (χ0v) is 21.0. The van der Waals surface area contributed by atoms with Crippen molar-refractivity contribution < 1.29 is 28.6 Å². The molecule has 33 heavy (non-hydrogen) atoms. The van der Waals surface area contributed by atoms with Gasteiger partial charge >= 0.3 is 0 Å². The minimum Gasteiger partial charge on any atom is -0.379 e.